The van der Waals surface area contributed by atoms with Gasteiger partial charge in [-0.2, -0.15) is 0 Å². The Labute approximate surface area is 92.8 Å². The van der Waals surface area contributed by atoms with E-state index in [0.717, 1.165) is 13.1 Å². The molecule has 0 saturated carbocycles. The fourth-order valence-electron chi connectivity index (χ4n) is 1.47. The molecule has 0 heterocycles. The molecular formula is C9H22BrN3. The summed E-state index contributed by atoms with van der Waals surface area (Å²) in [5, 5.41) is 0. The fraction of sp³-hybridized carbons (Fsp3) is 0.889. The Hall–Kier alpha value is -0.250. The lowest BCUT2D eigenvalue weighted by Crippen LogP contribution is -3.00. The van der Waals surface area contributed by atoms with Gasteiger partial charge in [0, 0.05) is 0 Å². The highest BCUT2D eigenvalue weighted by Crippen LogP contribution is 1.93. The highest BCUT2D eigenvalue weighted by Gasteiger charge is 2.18. The molecule has 3 nitrogen and oxygen atoms in total. The first kappa shape index (κ1) is 15.2. The van der Waals surface area contributed by atoms with Gasteiger partial charge in [0.05, 0.1) is 41.3 Å². The minimum atomic E-state index is 0. The molecule has 0 spiro atoms. The predicted molar refractivity (Wildman–Crippen MR) is 53.7 cm³/mol. The molecule has 0 aromatic heterocycles. The van der Waals surface area contributed by atoms with Crippen LogP contribution in [0.3, 0.4) is 0 Å². The molecule has 0 unspecified atom stereocenters. The summed E-state index contributed by atoms with van der Waals surface area (Å²) < 4.78 is 2.15. The van der Waals surface area contributed by atoms with Crippen molar-refractivity contribution >= 4 is 5.96 Å². The average molecular weight is 252 g/mol. The van der Waals surface area contributed by atoms with Gasteiger partial charge in [-0.25, -0.2) is 0 Å². The van der Waals surface area contributed by atoms with Crippen LogP contribution in [0.4, 0.5) is 0 Å². The van der Waals surface area contributed by atoms with Gasteiger partial charge < -0.3 is 17.0 Å². The zero-order valence-corrected chi connectivity index (χ0v) is 11.2. The number of rotatable bonds is 2. The van der Waals surface area contributed by atoms with Crippen LogP contribution in [-0.2, 0) is 0 Å². The zero-order valence-electron chi connectivity index (χ0n) is 9.63. The van der Waals surface area contributed by atoms with Crippen LogP contribution >= 0.6 is 0 Å². The molecule has 0 aromatic carbocycles. The van der Waals surface area contributed by atoms with Gasteiger partial charge in [-0.05, 0) is 13.8 Å². The number of hydrogen-bond acceptors (Lipinski definition) is 0. The van der Waals surface area contributed by atoms with Gasteiger partial charge in [-0.3, -0.25) is 14.4 Å². The van der Waals surface area contributed by atoms with Gasteiger partial charge in [-0.1, -0.05) is 0 Å². The Morgan fingerprint density at radius 2 is 1.46 bits per heavy atom. The number of guanidine groups is 1. The summed E-state index contributed by atoms with van der Waals surface area (Å²) in [6.07, 6.45) is 0. The third kappa shape index (κ3) is 4.50. The first-order chi connectivity index (χ1) is 5.54. The van der Waals surface area contributed by atoms with Crippen molar-refractivity contribution < 1.29 is 21.6 Å². The summed E-state index contributed by atoms with van der Waals surface area (Å²) in [4.78, 5) is 4.48. The predicted octanol–water partition coefficient (Wildman–Crippen LogP) is -2.48. The summed E-state index contributed by atoms with van der Waals surface area (Å²) >= 11 is 0. The maximum Gasteiger partial charge on any atom is 0.349 e. The lowest BCUT2D eigenvalue weighted by Gasteiger charge is -2.22. The molecule has 0 aliphatic heterocycles. The SMILES string of the molecule is CCN(CC)C(N(C)C)=[N+](C)C.[Br-]. The van der Waals surface area contributed by atoms with Crippen molar-refractivity contribution in [3.63, 3.8) is 0 Å². The first-order valence-corrected chi connectivity index (χ1v) is 4.51. The Kier molecular flexibility index (Phi) is 8.42. The molecule has 0 saturated heterocycles. The van der Waals surface area contributed by atoms with E-state index < -0.39 is 0 Å². The van der Waals surface area contributed by atoms with Crippen LogP contribution in [0, 0.1) is 0 Å². The van der Waals surface area contributed by atoms with E-state index in [9.17, 15) is 0 Å². The fourth-order valence-corrected chi connectivity index (χ4v) is 1.47. The Morgan fingerprint density at radius 3 is 1.54 bits per heavy atom. The minimum absolute atomic E-state index is 0. The van der Waals surface area contributed by atoms with E-state index in [-0.39, 0.29) is 17.0 Å². The molecule has 80 valence electrons. The molecule has 4 heteroatoms. The van der Waals surface area contributed by atoms with Crippen molar-refractivity contribution in [2.75, 3.05) is 41.3 Å². The van der Waals surface area contributed by atoms with Gasteiger partial charge in [-0.15, -0.1) is 0 Å². The minimum Gasteiger partial charge on any atom is -1.00 e. The summed E-state index contributed by atoms with van der Waals surface area (Å²) in [6.45, 7) is 6.47. The molecule has 0 aliphatic rings. The molecule has 13 heavy (non-hydrogen) atoms. The van der Waals surface area contributed by atoms with Crippen LogP contribution in [-0.4, -0.2) is 61.6 Å². The highest BCUT2D eigenvalue weighted by atomic mass is 79.9. The second kappa shape index (κ2) is 7.18. The van der Waals surface area contributed by atoms with Crippen LogP contribution in [0.1, 0.15) is 13.8 Å². The number of nitrogens with zero attached hydrogens (tertiary/aromatic N) is 3. The van der Waals surface area contributed by atoms with E-state index in [1.807, 2.05) is 0 Å². The topological polar surface area (TPSA) is 9.49 Å². The van der Waals surface area contributed by atoms with Crippen LogP contribution in [0.5, 0.6) is 0 Å². The van der Waals surface area contributed by atoms with Gasteiger partial charge in [0.2, 0.25) is 0 Å². The normalized spacial score (nSPS) is 8.77. The van der Waals surface area contributed by atoms with Crippen molar-refractivity contribution in [3.8, 4) is 0 Å². The van der Waals surface area contributed by atoms with E-state index in [4.69, 9.17) is 0 Å². The lowest BCUT2D eigenvalue weighted by molar-refractivity contribution is -0.475. The van der Waals surface area contributed by atoms with Crippen molar-refractivity contribution in [1.82, 2.24) is 9.80 Å². The molecular weight excluding hydrogens is 230 g/mol. The lowest BCUT2D eigenvalue weighted by atomic mass is 10.5. The molecule has 0 amide bonds. The molecule has 0 radical (unpaired) electrons. The second-order valence-corrected chi connectivity index (χ2v) is 3.26. The van der Waals surface area contributed by atoms with E-state index in [0.29, 0.717) is 0 Å². The van der Waals surface area contributed by atoms with Gasteiger partial charge in [0.1, 0.15) is 0 Å². The van der Waals surface area contributed by atoms with Gasteiger partial charge >= 0.3 is 5.96 Å². The highest BCUT2D eigenvalue weighted by molar-refractivity contribution is 5.74. The molecule has 0 aromatic rings. The summed E-state index contributed by atoms with van der Waals surface area (Å²) in [5.74, 6) is 1.26. The first-order valence-electron chi connectivity index (χ1n) is 4.51. The molecule has 0 N–H and O–H groups in total. The summed E-state index contributed by atoms with van der Waals surface area (Å²) in [7, 11) is 8.31. The smallest absolute Gasteiger partial charge is 0.349 e. The largest absolute Gasteiger partial charge is 1.00 e. The van der Waals surface area contributed by atoms with E-state index in [1.54, 1.807) is 0 Å². The van der Waals surface area contributed by atoms with E-state index in [1.165, 1.54) is 5.96 Å². The monoisotopic (exact) mass is 251 g/mol. The third-order valence-corrected chi connectivity index (χ3v) is 1.85. The Balaban J connectivity index is 0. The van der Waals surface area contributed by atoms with Crippen molar-refractivity contribution in [2.45, 2.75) is 13.8 Å². The van der Waals surface area contributed by atoms with E-state index >= 15 is 0 Å². The standard InChI is InChI=1S/C9H22N3.BrH/c1-7-12(8-2)9(10(3)4)11(5)6;/h7-8H2,1-6H3;1H/q+1;/p-1. The number of halogens is 1. The number of hydrogen-bond donors (Lipinski definition) is 0. The molecule has 0 fully saturated rings. The van der Waals surface area contributed by atoms with Crippen LogP contribution in [0.2, 0.25) is 0 Å². The third-order valence-electron chi connectivity index (χ3n) is 1.85. The van der Waals surface area contributed by atoms with Crippen LogP contribution in [0.25, 0.3) is 0 Å². The molecule has 0 aliphatic carbocycles. The maximum absolute atomic E-state index is 2.33. The van der Waals surface area contributed by atoms with Crippen LogP contribution < -0.4 is 17.0 Å². The zero-order chi connectivity index (χ0) is 9.72. The summed E-state index contributed by atoms with van der Waals surface area (Å²) in [6, 6.07) is 0. The quantitative estimate of drug-likeness (QED) is 0.306. The van der Waals surface area contributed by atoms with Crippen LogP contribution in [0.15, 0.2) is 0 Å². The summed E-state index contributed by atoms with van der Waals surface area (Å²) in [5.41, 5.74) is 0. The molecule has 0 atom stereocenters. The molecule has 0 rings (SSSR count). The Bertz CT molecular complexity index is 158. The Morgan fingerprint density at radius 1 is 1.08 bits per heavy atom. The van der Waals surface area contributed by atoms with Crippen molar-refractivity contribution in [2.24, 2.45) is 0 Å². The van der Waals surface area contributed by atoms with Gasteiger partial charge in [0.15, 0.2) is 0 Å². The second-order valence-electron chi connectivity index (χ2n) is 3.26. The molecule has 0 bridgehead atoms. The maximum atomic E-state index is 2.33. The van der Waals surface area contributed by atoms with Gasteiger partial charge in [0.25, 0.3) is 0 Å². The van der Waals surface area contributed by atoms with Crippen molar-refractivity contribution in [3.05, 3.63) is 0 Å². The van der Waals surface area contributed by atoms with Crippen molar-refractivity contribution in [1.29, 1.82) is 0 Å². The average Bonchev–Trinajstić information content (AvgIpc) is 1.98. The van der Waals surface area contributed by atoms with E-state index in [2.05, 4.69) is 56.4 Å².